The molecular formula is C16H13Cl2N3O3. The van der Waals surface area contributed by atoms with Crippen molar-refractivity contribution in [2.45, 2.75) is 13.8 Å². The van der Waals surface area contributed by atoms with Gasteiger partial charge in [-0.05, 0) is 26.0 Å². The van der Waals surface area contributed by atoms with E-state index in [4.69, 9.17) is 32.7 Å². The van der Waals surface area contributed by atoms with Crippen molar-refractivity contribution in [3.05, 3.63) is 51.3 Å². The minimum Gasteiger partial charge on any atom is -0.481 e. The number of hydrogen-bond acceptors (Lipinski definition) is 5. The number of carbonyl (C=O) groups excluding carboxylic acids is 1. The monoisotopic (exact) mass is 365 g/mol. The van der Waals surface area contributed by atoms with Crippen LogP contribution < -0.4 is 14.9 Å². The van der Waals surface area contributed by atoms with E-state index in [1.54, 1.807) is 38.1 Å². The minimum atomic E-state index is -0.354. The van der Waals surface area contributed by atoms with Crippen molar-refractivity contribution in [3.8, 4) is 11.5 Å². The van der Waals surface area contributed by atoms with Crippen LogP contribution in [0.1, 0.15) is 21.7 Å². The number of ether oxygens (including phenoxy) is 2. The summed E-state index contributed by atoms with van der Waals surface area (Å²) in [6, 6.07) is 6.83. The highest BCUT2D eigenvalue weighted by Gasteiger charge is 2.20. The summed E-state index contributed by atoms with van der Waals surface area (Å²) in [5.74, 6) is 0.521. The van der Waals surface area contributed by atoms with Crippen molar-refractivity contribution in [1.29, 1.82) is 0 Å². The van der Waals surface area contributed by atoms with E-state index in [9.17, 15) is 4.79 Å². The van der Waals surface area contributed by atoms with Crippen LogP contribution in [0.25, 0.3) is 0 Å². The zero-order valence-corrected chi connectivity index (χ0v) is 14.4. The summed E-state index contributed by atoms with van der Waals surface area (Å²) in [5, 5.41) is 4.55. The molecular weight excluding hydrogens is 353 g/mol. The average molecular weight is 366 g/mol. The number of halogens is 2. The van der Waals surface area contributed by atoms with E-state index in [-0.39, 0.29) is 18.4 Å². The largest absolute Gasteiger partial charge is 0.481 e. The van der Waals surface area contributed by atoms with Gasteiger partial charge < -0.3 is 9.47 Å². The second-order valence-corrected chi connectivity index (χ2v) is 5.83. The van der Waals surface area contributed by atoms with Crippen LogP contribution in [0, 0.1) is 13.8 Å². The maximum Gasteiger partial charge on any atom is 0.275 e. The molecule has 0 saturated heterocycles. The smallest absolute Gasteiger partial charge is 0.275 e. The Labute approximate surface area is 148 Å². The third-order valence-corrected chi connectivity index (χ3v) is 4.24. The maximum absolute atomic E-state index is 11.9. The zero-order chi connectivity index (χ0) is 17.3. The molecule has 1 aromatic heterocycles. The summed E-state index contributed by atoms with van der Waals surface area (Å²) < 4.78 is 11.3. The zero-order valence-electron chi connectivity index (χ0n) is 12.9. The quantitative estimate of drug-likeness (QED) is 0.902. The topological polar surface area (TPSA) is 72.8 Å². The van der Waals surface area contributed by atoms with E-state index < -0.39 is 0 Å². The number of nitrogens with zero attached hydrogens (tertiary/aromatic N) is 2. The van der Waals surface area contributed by atoms with Gasteiger partial charge in [0.2, 0.25) is 5.90 Å². The number of hydrogen-bond donors (Lipinski definition) is 1. The Kier molecular flexibility index (Phi) is 4.59. The van der Waals surface area contributed by atoms with Crippen LogP contribution >= 0.6 is 23.2 Å². The van der Waals surface area contributed by atoms with Crippen molar-refractivity contribution in [2.75, 3.05) is 6.61 Å². The van der Waals surface area contributed by atoms with Crippen molar-refractivity contribution in [1.82, 2.24) is 10.4 Å². The molecule has 1 amide bonds. The number of para-hydroxylation sites is 1. The molecule has 0 unspecified atom stereocenters. The molecule has 2 aromatic rings. The van der Waals surface area contributed by atoms with Crippen molar-refractivity contribution >= 4 is 35.0 Å². The molecule has 24 heavy (non-hydrogen) atoms. The molecule has 0 saturated carbocycles. The Morgan fingerprint density at radius 1 is 1.17 bits per heavy atom. The van der Waals surface area contributed by atoms with Crippen LogP contribution in [-0.4, -0.2) is 23.4 Å². The standard InChI is InChI=1S/C16H13Cl2N3O3/c1-8-13(17)15(14(18)9(2)19-8)23-7-12-20-21-16(22)10-5-3-4-6-11(10)24-12/h3-6H,7H2,1-2H3,(H,21,22). The highest BCUT2D eigenvalue weighted by Crippen LogP contribution is 2.36. The van der Waals surface area contributed by atoms with E-state index in [1.807, 2.05) is 0 Å². The fraction of sp³-hybridized carbons (Fsp3) is 0.188. The van der Waals surface area contributed by atoms with Crippen molar-refractivity contribution in [2.24, 2.45) is 5.10 Å². The van der Waals surface area contributed by atoms with Gasteiger partial charge in [0.25, 0.3) is 5.91 Å². The van der Waals surface area contributed by atoms with Crippen LogP contribution in [-0.2, 0) is 0 Å². The molecule has 0 radical (unpaired) electrons. The van der Waals surface area contributed by atoms with Gasteiger partial charge in [-0.25, -0.2) is 5.43 Å². The number of nitrogens with one attached hydrogen (secondary N) is 1. The molecule has 3 rings (SSSR count). The Bertz CT molecular complexity index is 826. The molecule has 0 fully saturated rings. The lowest BCUT2D eigenvalue weighted by molar-refractivity contribution is 0.0955. The molecule has 0 aliphatic carbocycles. The van der Waals surface area contributed by atoms with Gasteiger partial charge in [-0.3, -0.25) is 9.78 Å². The lowest BCUT2D eigenvalue weighted by Gasteiger charge is -2.13. The number of amides is 1. The molecule has 6 nitrogen and oxygen atoms in total. The first-order chi connectivity index (χ1) is 11.5. The first kappa shape index (κ1) is 16.5. The Hall–Kier alpha value is -2.31. The highest BCUT2D eigenvalue weighted by atomic mass is 35.5. The summed E-state index contributed by atoms with van der Waals surface area (Å²) >= 11 is 12.4. The van der Waals surface area contributed by atoms with E-state index >= 15 is 0 Å². The predicted octanol–water partition coefficient (Wildman–Crippen LogP) is 3.52. The summed E-state index contributed by atoms with van der Waals surface area (Å²) in [7, 11) is 0. The molecule has 124 valence electrons. The van der Waals surface area contributed by atoms with Crippen LogP contribution in [0.4, 0.5) is 0 Å². The first-order valence-electron chi connectivity index (χ1n) is 7.06. The first-order valence-corrected chi connectivity index (χ1v) is 7.81. The summed E-state index contributed by atoms with van der Waals surface area (Å²) in [5.41, 5.74) is 4.01. The third-order valence-electron chi connectivity index (χ3n) is 3.35. The Balaban J connectivity index is 1.83. The average Bonchev–Trinajstić information content (AvgIpc) is 2.73. The van der Waals surface area contributed by atoms with Crippen molar-refractivity contribution in [3.63, 3.8) is 0 Å². The lowest BCUT2D eigenvalue weighted by atomic mass is 10.2. The van der Waals surface area contributed by atoms with Gasteiger partial charge in [0, 0.05) is 0 Å². The molecule has 0 spiro atoms. The van der Waals surface area contributed by atoms with Gasteiger partial charge in [0.15, 0.2) is 12.4 Å². The van der Waals surface area contributed by atoms with Crippen LogP contribution in [0.15, 0.2) is 29.4 Å². The summed E-state index contributed by atoms with van der Waals surface area (Å²) in [4.78, 5) is 16.2. The van der Waals surface area contributed by atoms with Gasteiger partial charge in [-0.2, -0.15) is 0 Å². The molecule has 1 N–H and O–H groups in total. The van der Waals surface area contributed by atoms with E-state index in [0.29, 0.717) is 38.5 Å². The number of fused-ring (bicyclic) bond motifs is 1. The number of carbonyl (C=O) groups is 1. The Morgan fingerprint density at radius 2 is 1.83 bits per heavy atom. The summed E-state index contributed by atoms with van der Waals surface area (Å²) in [6.45, 7) is 3.46. The minimum absolute atomic E-state index is 0.0586. The normalized spacial score (nSPS) is 13.3. The van der Waals surface area contributed by atoms with Gasteiger partial charge in [-0.1, -0.05) is 35.3 Å². The fourth-order valence-corrected chi connectivity index (χ4v) is 2.59. The van der Waals surface area contributed by atoms with E-state index in [0.717, 1.165) is 0 Å². The number of pyridine rings is 1. The molecule has 0 bridgehead atoms. The number of aryl methyl sites for hydroxylation is 2. The van der Waals surface area contributed by atoms with Gasteiger partial charge >= 0.3 is 0 Å². The van der Waals surface area contributed by atoms with E-state index in [2.05, 4.69) is 15.5 Å². The molecule has 1 aliphatic rings. The van der Waals surface area contributed by atoms with Crippen LogP contribution in [0.3, 0.4) is 0 Å². The van der Waals surface area contributed by atoms with Crippen LogP contribution in [0.5, 0.6) is 11.5 Å². The molecule has 2 heterocycles. The van der Waals surface area contributed by atoms with Gasteiger partial charge in [0.05, 0.1) is 17.0 Å². The van der Waals surface area contributed by atoms with Gasteiger partial charge in [0.1, 0.15) is 15.8 Å². The molecule has 1 aliphatic heterocycles. The number of aromatic nitrogens is 1. The number of hydrazone groups is 1. The second-order valence-electron chi connectivity index (χ2n) is 5.07. The molecule has 0 atom stereocenters. The summed E-state index contributed by atoms with van der Waals surface area (Å²) in [6.07, 6.45) is 0. The third kappa shape index (κ3) is 3.16. The fourth-order valence-electron chi connectivity index (χ4n) is 2.16. The van der Waals surface area contributed by atoms with Gasteiger partial charge in [-0.15, -0.1) is 5.10 Å². The lowest BCUT2D eigenvalue weighted by Crippen LogP contribution is -2.21. The number of rotatable bonds is 3. The van der Waals surface area contributed by atoms with E-state index in [1.165, 1.54) is 0 Å². The SMILES string of the molecule is Cc1nc(C)c(Cl)c(OCC2=NNC(=O)c3ccccc3O2)c1Cl. The highest BCUT2D eigenvalue weighted by molar-refractivity contribution is 6.37. The molecule has 8 heteroatoms. The Morgan fingerprint density at radius 3 is 2.54 bits per heavy atom. The maximum atomic E-state index is 11.9. The molecule has 1 aromatic carbocycles. The second kappa shape index (κ2) is 6.67. The van der Waals surface area contributed by atoms with Crippen molar-refractivity contribution < 1.29 is 14.3 Å². The number of benzene rings is 1. The predicted molar refractivity (Wildman–Crippen MR) is 91.2 cm³/mol. The van der Waals surface area contributed by atoms with Crippen LogP contribution in [0.2, 0.25) is 10.0 Å².